The van der Waals surface area contributed by atoms with Crippen LogP contribution in [0.4, 0.5) is 0 Å². The van der Waals surface area contributed by atoms with Crippen molar-refractivity contribution in [3.63, 3.8) is 0 Å². The third-order valence-electron chi connectivity index (χ3n) is 4.66. The molecule has 1 N–H and O–H groups in total. The predicted molar refractivity (Wildman–Crippen MR) is 81.3 cm³/mol. The van der Waals surface area contributed by atoms with Crippen LogP contribution < -0.4 is 0 Å². The van der Waals surface area contributed by atoms with E-state index in [2.05, 4.69) is 32.0 Å². The number of aliphatic hydroxyl groups excluding tert-OH is 1. The van der Waals surface area contributed by atoms with Crippen LogP contribution in [0.15, 0.2) is 18.2 Å². The van der Waals surface area contributed by atoms with E-state index in [9.17, 15) is 5.11 Å². The Morgan fingerprint density at radius 1 is 1.05 bits per heavy atom. The normalized spacial score (nSPS) is 18.5. The molecule has 0 amide bonds. The molecule has 0 aliphatic heterocycles. The van der Waals surface area contributed by atoms with Gasteiger partial charge in [0.05, 0.1) is 6.10 Å². The molecule has 0 radical (unpaired) electrons. The molecule has 0 saturated heterocycles. The largest absolute Gasteiger partial charge is 0.388 e. The Labute approximate surface area is 118 Å². The molecule has 1 unspecified atom stereocenters. The van der Waals surface area contributed by atoms with E-state index in [-0.39, 0.29) is 6.10 Å². The molecule has 1 aliphatic carbocycles. The topological polar surface area (TPSA) is 20.2 Å². The first kappa shape index (κ1) is 14.6. The number of benzene rings is 1. The Bertz CT molecular complexity index is 391. The highest BCUT2D eigenvalue weighted by Crippen LogP contribution is 2.32. The summed E-state index contributed by atoms with van der Waals surface area (Å²) < 4.78 is 0. The number of aliphatic hydroxyl groups is 1. The Morgan fingerprint density at radius 2 is 1.74 bits per heavy atom. The van der Waals surface area contributed by atoms with Gasteiger partial charge < -0.3 is 5.11 Å². The highest BCUT2D eigenvalue weighted by Gasteiger charge is 2.19. The Hall–Kier alpha value is -0.820. The predicted octanol–water partition coefficient (Wildman–Crippen LogP) is 4.82. The minimum Gasteiger partial charge on any atom is -0.388 e. The molecule has 0 aromatic heterocycles. The van der Waals surface area contributed by atoms with Crippen molar-refractivity contribution in [2.75, 3.05) is 0 Å². The average molecular weight is 260 g/mol. The fourth-order valence-corrected chi connectivity index (χ4v) is 3.40. The van der Waals surface area contributed by atoms with Gasteiger partial charge in [0, 0.05) is 0 Å². The van der Waals surface area contributed by atoms with E-state index in [1.807, 2.05) is 0 Å². The molecule has 1 nitrogen and oxygen atoms in total. The molecule has 19 heavy (non-hydrogen) atoms. The summed E-state index contributed by atoms with van der Waals surface area (Å²) >= 11 is 0. The monoisotopic (exact) mass is 260 g/mol. The van der Waals surface area contributed by atoms with Crippen molar-refractivity contribution in [1.29, 1.82) is 0 Å². The molecule has 1 aromatic carbocycles. The van der Waals surface area contributed by atoms with Gasteiger partial charge in [-0.05, 0) is 41.9 Å². The van der Waals surface area contributed by atoms with Gasteiger partial charge in [-0.15, -0.1) is 0 Å². The van der Waals surface area contributed by atoms with E-state index in [0.717, 1.165) is 30.7 Å². The summed E-state index contributed by atoms with van der Waals surface area (Å²) in [6.07, 6.45) is 9.55. The van der Waals surface area contributed by atoms with Crippen LogP contribution in [0.1, 0.15) is 75.2 Å². The third-order valence-corrected chi connectivity index (χ3v) is 4.66. The van der Waals surface area contributed by atoms with E-state index < -0.39 is 0 Å². The Balaban J connectivity index is 2.03. The lowest BCUT2D eigenvalue weighted by Gasteiger charge is -2.24. The van der Waals surface area contributed by atoms with Gasteiger partial charge in [0.1, 0.15) is 0 Å². The number of rotatable bonds is 5. The van der Waals surface area contributed by atoms with Crippen LogP contribution in [0.25, 0.3) is 0 Å². The molecule has 1 saturated carbocycles. The van der Waals surface area contributed by atoms with Crippen molar-refractivity contribution in [3.8, 4) is 0 Å². The third kappa shape index (κ3) is 3.82. The zero-order chi connectivity index (χ0) is 13.7. The van der Waals surface area contributed by atoms with Crippen LogP contribution in [0.5, 0.6) is 0 Å². The number of aryl methyl sites for hydroxylation is 2. The van der Waals surface area contributed by atoms with Crippen LogP contribution in [0.2, 0.25) is 0 Å². The molecular weight excluding hydrogens is 232 g/mol. The molecule has 0 spiro atoms. The first-order valence-electron chi connectivity index (χ1n) is 8.04. The molecule has 1 fully saturated rings. The van der Waals surface area contributed by atoms with Crippen molar-refractivity contribution < 1.29 is 5.11 Å². The maximum absolute atomic E-state index is 10.5. The van der Waals surface area contributed by atoms with Crippen LogP contribution >= 0.6 is 0 Å². The lowest BCUT2D eigenvalue weighted by atomic mass is 9.84. The number of hydrogen-bond donors (Lipinski definition) is 1. The first-order valence-corrected chi connectivity index (χ1v) is 8.04. The highest BCUT2D eigenvalue weighted by atomic mass is 16.3. The molecule has 106 valence electrons. The van der Waals surface area contributed by atoms with Gasteiger partial charge in [0.15, 0.2) is 0 Å². The Kier molecular flexibility index (Phi) is 5.45. The lowest BCUT2D eigenvalue weighted by molar-refractivity contribution is 0.131. The van der Waals surface area contributed by atoms with Gasteiger partial charge >= 0.3 is 0 Å². The summed E-state index contributed by atoms with van der Waals surface area (Å²) in [6, 6.07) is 6.57. The fourth-order valence-electron chi connectivity index (χ4n) is 3.40. The number of hydrogen-bond acceptors (Lipinski definition) is 1. The van der Waals surface area contributed by atoms with Crippen molar-refractivity contribution in [2.24, 2.45) is 5.92 Å². The summed E-state index contributed by atoms with van der Waals surface area (Å²) in [4.78, 5) is 0. The molecule has 2 rings (SSSR count). The molecule has 0 bridgehead atoms. The van der Waals surface area contributed by atoms with Crippen molar-refractivity contribution in [1.82, 2.24) is 0 Å². The lowest BCUT2D eigenvalue weighted by Crippen LogP contribution is -2.11. The first-order chi connectivity index (χ1) is 9.24. The van der Waals surface area contributed by atoms with Crippen molar-refractivity contribution in [2.45, 2.75) is 71.3 Å². The highest BCUT2D eigenvalue weighted by molar-refractivity contribution is 5.33. The zero-order valence-electron chi connectivity index (χ0n) is 12.5. The van der Waals surface area contributed by atoms with Crippen LogP contribution in [-0.4, -0.2) is 5.11 Å². The van der Waals surface area contributed by atoms with Gasteiger partial charge in [-0.2, -0.15) is 0 Å². The average Bonchev–Trinajstić information content (AvgIpc) is 2.47. The van der Waals surface area contributed by atoms with E-state index in [0.29, 0.717) is 0 Å². The SMILES string of the molecule is CCc1ccc(C(O)CC2CCCCC2)cc1CC. The van der Waals surface area contributed by atoms with Gasteiger partial charge in [0.25, 0.3) is 0 Å². The maximum atomic E-state index is 10.5. The quantitative estimate of drug-likeness (QED) is 0.805. The second kappa shape index (κ2) is 7.09. The minimum atomic E-state index is -0.265. The summed E-state index contributed by atoms with van der Waals surface area (Å²) in [7, 11) is 0. The van der Waals surface area contributed by atoms with Gasteiger partial charge in [0.2, 0.25) is 0 Å². The zero-order valence-corrected chi connectivity index (χ0v) is 12.5. The standard InChI is InChI=1S/C18H28O/c1-3-15-10-11-17(13-16(15)4-2)18(19)12-14-8-6-5-7-9-14/h10-11,13-14,18-19H,3-9,12H2,1-2H3. The second-order valence-electron chi connectivity index (χ2n) is 5.99. The van der Waals surface area contributed by atoms with Gasteiger partial charge in [-0.25, -0.2) is 0 Å². The molecule has 1 atom stereocenters. The van der Waals surface area contributed by atoms with E-state index in [1.54, 1.807) is 0 Å². The van der Waals surface area contributed by atoms with Crippen LogP contribution in [0.3, 0.4) is 0 Å². The second-order valence-corrected chi connectivity index (χ2v) is 5.99. The fraction of sp³-hybridized carbons (Fsp3) is 0.667. The molecule has 1 aromatic rings. The van der Waals surface area contributed by atoms with Gasteiger partial charge in [-0.1, -0.05) is 64.2 Å². The summed E-state index contributed by atoms with van der Waals surface area (Å²) in [5.41, 5.74) is 3.96. The summed E-state index contributed by atoms with van der Waals surface area (Å²) in [5.74, 6) is 0.736. The van der Waals surface area contributed by atoms with Crippen LogP contribution in [-0.2, 0) is 12.8 Å². The Morgan fingerprint density at radius 3 is 2.37 bits per heavy atom. The minimum absolute atomic E-state index is 0.265. The summed E-state index contributed by atoms with van der Waals surface area (Å²) in [5, 5.41) is 10.5. The van der Waals surface area contributed by atoms with Gasteiger partial charge in [-0.3, -0.25) is 0 Å². The summed E-state index contributed by atoms with van der Waals surface area (Å²) in [6.45, 7) is 4.40. The maximum Gasteiger partial charge on any atom is 0.0792 e. The molecular formula is C18H28O. The molecule has 1 aliphatic rings. The van der Waals surface area contributed by atoms with E-state index in [4.69, 9.17) is 0 Å². The molecule has 1 heteroatoms. The molecule has 0 heterocycles. The van der Waals surface area contributed by atoms with E-state index in [1.165, 1.54) is 43.2 Å². The van der Waals surface area contributed by atoms with E-state index >= 15 is 0 Å². The van der Waals surface area contributed by atoms with Crippen molar-refractivity contribution in [3.05, 3.63) is 34.9 Å². The van der Waals surface area contributed by atoms with Crippen molar-refractivity contribution >= 4 is 0 Å². The van der Waals surface area contributed by atoms with Crippen LogP contribution in [0, 0.1) is 5.92 Å². The smallest absolute Gasteiger partial charge is 0.0792 e.